The molecule has 10 heteroatoms. The lowest BCUT2D eigenvalue weighted by atomic mass is 9.99. The van der Waals surface area contributed by atoms with Gasteiger partial charge in [-0.2, -0.15) is 5.10 Å². The molecule has 3 aromatic rings. The molecule has 0 aliphatic carbocycles. The molecule has 1 N–H and O–H groups in total. The van der Waals surface area contributed by atoms with Crippen LogP contribution in [0.25, 0.3) is 0 Å². The van der Waals surface area contributed by atoms with Crippen LogP contribution in [0.4, 0.5) is 23.4 Å². The van der Waals surface area contributed by atoms with Crippen molar-refractivity contribution in [2.24, 2.45) is 0 Å². The third-order valence-corrected chi connectivity index (χ3v) is 6.14. The number of aromatic nitrogens is 2. The second-order valence-electron chi connectivity index (χ2n) is 6.83. The molecule has 0 aliphatic rings. The fraction of sp³-hybridized carbons (Fsp3) is 0.250. The summed E-state index contributed by atoms with van der Waals surface area (Å²) < 4.78 is 82.6. The van der Waals surface area contributed by atoms with Gasteiger partial charge in [-0.15, -0.1) is 0 Å². The highest BCUT2D eigenvalue weighted by Crippen LogP contribution is 2.23. The topological polar surface area (TPSA) is 64.0 Å². The maximum absolute atomic E-state index is 13.8. The van der Waals surface area contributed by atoms with Crippen LogP contribution in [0.2, 0.25) is 0 Å². The van der Waals surface area contributed by atoms with Crippen LogP contribution < -0.4 is 4.72 Å². The van der Waals surface area contributed by atoms with Gasteiger partial charge in [-0.25, -0.2) is 26.0 Å². The van der Waals surface area contributed by atoms with Gasteiger partial charge in [0.2, 0.25) is 0 Å². The SMILES string of the molecule is CCC(C)c1ccc(S(=O)(=O)Nc2ccn(Cc3c(F)c(F)cc(F)c3F)n2)cc1. The van der Waals surface area contributed by atoms with Crippen molar-refractivity contribution < 1.29 is 26.0 Å². The zero-order valence-electron chi connectivity index (χ0n) is 16.2. The molecule has 0 aliphatic heterocycles. The maximum Gasteiger partial charge on any atom is 0.263 e. The van der Waals surface area contributed by atoms with Crippen LogP contribution in [0.1, 0.15) is 37.3 Å². The fourth-order valence-corrected chi connectivity index (χ4v) is 3.83. The molecule has 0 radical (unpaired) electrons. The van der Waals surface area contributed by atoms with Crippen molar-refractivity contribution in [2.45, 2.75) is 37.6 Å². The van der Waals surface area contributed by atoms with Crippen LogP contribution in [0.3, 0.4) is 0 Å². The highest BCUT2D eigenvalue weighted by atomic mass is 32.2. The molecule has 3 rings (SSSR count). The molecule has 30 heavy (non-hydrogen) atoms. The van der Waals surface area contributed by atoms with Gasteiger partial charge >= 0.3 is 0 Å². The largest absolute Gasteiger partial charge is 0.266 e. The predicted molar refractivity (Wildman–Crippen MR) is 104 cm³/mol. The molecule has 2 aromatic carbocycles. The zero-order chi connectivity index (χ0) is 22.1. The average molecular weight is 441 g/mol. The lowest BCUT2D eigenvalue weighted by Gasteiger charge is -2.10. The summed E-state index contributed by atoms with van der Waals surface area (Å²) in [7, 11) is -3.95. The number of hydrogen-bond acceptors (Lipinski definition) is 3. The smallest absolute Gasteiger partial charge is 0.263 e. The molecule has 0 spiro atoms. The van der Waals surface area contributed by atoms with Crippen LogP contribution in [0.15, 0.2) is 47.5 Å². The Balaban J connectivity index is 1.79. The molecule has 1 heterocycles. The Hall–Kier alpha value is -2.88. The quantitative estimate of drug-likeness (QED) is 0.423. The van der Waals surface area contributed by atoms with Crippen molar-refractivity contribution in [3.8, 4) is 0 Å². The first-order valence-corrected chi connectivity index (χ1v) is 10.6. The van der Waals surface area contributed by atoms with E-state index in [0.717, 1.165) is 16.7 Å². The number of benzene rings is 2. The fourth-order valence-electron chi connectivity index (χ4n) is 2.84. The minimum absolute atomic E-state index is 0.0217. The summed E-state index contributed by atoms with van der Waals surface area (Å²) in [5.41, 5.74) is 0.151. The van der Waals surface area contributed by atoms with E-state index in [2.05, 4.69) is 9.82 Å². The Kier molecular flexibility index (Phi) is 6.16. The highest BCUT2D eigenvalue weighted by molar-refractivity contribution is 7.92. The molecule has 1 unspecified atom stereocenters. The highest BCUT2D eigenvalue weighted by Gasteiger charge is 2.20. The van der Waals surface area contributed by atoms with Crippen LogP contribution in [0.5, 0.6) is 0 Å². The number of hydrogen-bond donors (Lipinski definition) is 1. The zero-order valence-corrected chi connectivity index (χ0v) is 17.0. The molecule has 5 nitrogen and oxygen atoms in total. The normalized spacial score (nSPS) is 12.7. The first-order valence-electron chi connectivity index (χ1n) is 9.10. The van der Waals surface area contributed by atoms with E-state index < -0.39 is 45.4 Å². The maximum atomic E-state index is 13.8. The van der Waals surface area contributed by atoms with Crippen molar-refractivity contribution in [3.05, 3.63) is 77.0 Å². The Labute approximate surface area is 171 Å². The second-order valence-corrected chi connectivity index (χ2v) is 8.51. The van der Waals surface area contributed by atoms with E-state index in [1.165, 1.54) is 24.4 Å². The van der Waals surface area contributed by atoms with E-state index in [1.807, 2.05) is 13.8 Å². The molecule has 160 valence electrons. The Morgan fingerprint density at radius 1 is 1.03 bits per heavy atom. The number of halogens is 4. The number of nitrogens with zero attached hydrogens (tertiary/aromatic N) is 2. The average Bonchev–Trinajstić information content (AvgIpc) is 3.15. The molecule has 1 atom stereocenters. The molecule has 0 amide bonds. The monoisotopic (exact) mass is 441 g/mol. The summed E-state index contributed by atoms with van der Waals surface area (Å²) >= 11 is 0. The molecule has 1 aromatic heterocycles. The summed E-state index contributed by atoms with van der Waals surface area (Å²) in [6, 6.07) is 7.78. The number of anilines is 1. The molecule has 0 saturated heterocycles. The molecular weight excluding hydrogens is 422 g/mol. The van der Waals surface area contributed by atoms with Crippen molar-refractivity contribution >= 4 is 15.8 Å². The first kappa shape index (κ1) is 21.8. The number of nitrogens with one attached hydrogen (secondary N) is 1. The standard InChI is InChI=1S/C20H19F4N3O2S/c1-3-12(2)13-4-6-14(7-5-13)30(28,29)26-18-8-9-27(25-18)11-15-19(23)16(21)10-17(22)20(15)24/h4-10,12H,3,11H2,1-2H3,(H,25,26). The van der Waals surface area contributed by atoms with E-state index in [-0.39, 0.29) is 16.8 Å². The van der Waals surface area contributed by atoms with E-state index in [4.69, 9.17) is 0 Å². The van der Waals surface area contributed by atoms with Crippen LogP contribution in [-0.2, 0) is 16.6 Å². The van der Waals surface area contributed by atoms with E-state index in [1.54, 1.807) is 12.1 Å². The van der Waals surface area contributed by atoms with E-state index >= 15 is 0 Å². The van der Waals surface area contributed by atoms with E-state index in [0.29, 0.717) is 5.92 Å². The Bertz CT molecular complexity index is 1140. The minimum Gasteiger partial charge on any atom is -0.266 e. The Morgan fingerprint density at radius 3 is 2.20 bits per heavy atom. The van der Waals surface area contributed by atoms with Crippen LogP contribution in [-0.4, -0.2) is 18.2 Å². The van der Waals surface area contributed by atoms with Crippen molar-refractivity contribution in [2.75, 3.05) is 4.72 Å². The van der Waals surface area contributed by atoms with Gasteiger partial charge in [0.1, 0.15) is 0 Å². The number of sulfonamides is 1. The minimum atomic E-state index is -3.95. The van der Waals surface area contributed by atoms with Gasteiger partial charge in [-0.1, -0.05) is 26.0 Å². The molecule has 0 fully saturated rings. The summed E-state index contributed by atoms with van der Waals surface area (Å²) in [5, 5.41) is 3.86. The summed E-state index contributed by atoms with van der Waals surface area (Å²) in [5.74, 6) is -5.95. The Morgan fingerprint density at radius 2 is 1.63 bits per heavy atom. The summed E-state index contributed by atoms with van der Waals surface area (Å²) in [6.45, 7) is 3.44. The first-order chi connectivity index (χ1) is 14.1. The van der Waals surface area contributed by atoms with Gasteiger partial charge in [-0.3, -0.25) is 9.40 Å². The van der Waals surface area contributed by atoms with Crippen molar-refractivity contribution in [1.82, 2.24) is 9.78 Å². The van der Waals surface area contributed by atoms with Gasteiger partial charge in [0, 0.05) is 18.3 Å². The molecule has 0 saturated carbocycles. The van der Waals surface area contributed by atoms with Crippen molar-refractivity contribution in [1.29, 1.82) is 0 Å². The van der Waals surface area contributed by atoms with Crippen molar-refractivity contribution in [3.63, 3.8) is 0 Å². The summed E-state index contributed by atoms with van der Waals surface area (Å²) in [4.78, 5) is 0.0217. The predicted octanol–water partition coefficient (Wildman–Crippen LogP) is 4.80. The van der Waals surface area contributed by atoms with Crippen LogP contribution >= 0.6 is 0 Å². The van der Waals surface area contributed by atoms with Gasteiger partial charge in [0.15, 0.2) is 29.1 Å². The lowest BCUT2D eigenvalue weighted by Crippen LogP contribution is -2.14. The third kappa shape index (κ3) is 4.48. The lowest BCUT2D eigenvalue weighted by molar-refractivity contribution is 0.431. The molecule has 0 bridgehead atoms. The van der Waals surface area contributed by atoms with Crippen LogP contribution in [0, 0.1) is 23.3 Å². The molecular formula is C20H19F4N3O2S. The second kappa shape index (κ2) is 8.47. The van der Waals surface area contributed by atoms with Gasteiger partial charge in [0.25, 0.3) is 10.0 Å². The number of rotatable bonds is 7. The van der Waals surface area contributed by atoms with E-state index in [9.17, 15) is 26.0 Å². The third-order valence-electron chi connectivity index (χ3n) is 4.77. The summed E-state index contributed by atoms with van der Waals surface area (Å²) in [6.07, 6.45) is 2.14. The van der Waals surface area contributed by atoms with Gasteiger partial charge in [-0.05, 0) is 30.0 Å². The van der Waals surface area contributed by atoms with Gasteiger partial charge < -0.3 is 0 Å². The van der Waals surface area contributed by atoms with Gasteiger partial charge in [0.05, 0.1) is 17.0 Å².